The van der Waals surface area contributed by atoms with Crippen molar-refractivity contribution in [1.29, 1.82) is 0 Å². The smallest absolute Gasteiger partial charge is 0.144 e. The van der Waals surface area contributed by atoms with E-state index in [1.807, 2.05) is 4.90 Å². The van der Waals surface area contributed by atoms with Crippen LogP contribution in [0.2, 0.25) is 0 Å². The Morgan fingerprint density at radius 3 is 2.61 bits per heavy atom. The van der Waals surface area contributed by atoms with Gasteiger partial charge in [-0.3, -0.25) is 4.90 Å². The van der Waals surface area contributed by atoms with Gasteiger partial charge in [-0.15, -0.1) is 0 Å². The first kappa shape index (κ1) is 16.0. The highest BCUT2D eigenvalue weighted by Crippen LogP contribution is 2.22. The van der Waals surface area contributed by atoms with Crippen molar-refractivity contribution in [2.24, 2.45) is 0 Å². The molecule has 0 heterocycles. The molecule has 0 unspecified atom stereocenters. The fourth-order valence-corrected chi connectivity index (χ4v) is 2.42. The van der Waals surface area contributed by atoms with E-state index < -0.39 is 11.6 Å². The third-order valence-corrected chi connectivity index (χ3v) is 3.50. The first-order valence-corrected chi connectivity index (χ1v) is 7.41. The second-order valence-electron chi connectivity index (χ2n) is 3.78. The maximum absolute atomic E-state index is 13.8. The number of hydrogen-bond acceptors (Lipinski definition) is 2. The molecule has 0 radical (unpaired) electrons. The number of rotatable bonds is 7. The van der Waals surface area contributed by atoms with Crippen molar-refractivity contribution in [2.45, 2.75) is 6.54 Å². The molecule has 0 spiro atoms. The van der Waals surface area contributed by atoms with E-state index in [1.54, 1.807) is 7.11 Å². The van der Waals surface area contributed by atoms with Gasteiger partial charge in [0.2, 0.25) is 0 Å². The van der Waals surface area contributed by atoms with Crippen molar-refractivity contribution in [2.75, 3.05) is 32.1 Å². The highest BCUT2D eigenvalue weighted by molar-refractivity contribution is 9.10. The Bertz CT molecular complexity index is 391. The SMILES string of the molecule is COCCN(CCBr)Cc1c(F)ccc(Br)c1F. The van der Waals surface area contributed by atoms with Crippen LogP contribution in [0.4, 0.5) is 8.78 Å². The van der Waals surface area contributed by atoms with Crippen molar-refractivity contribution < 1.29 is 13.5 Å². The summed E-state index contributed by atoms with van der Waals surface area (Å²) < 4.78 is 32.7. The molecule has 0 amide bonds. The quantitative estimate of drug-likeness (QED) is 0.524. The van der Waals surface area contributed by atoms with Crippen molar-refractivity contribution >= 4 is 31.9 Å². The van der Waals surface area contributed by atoms with Crippen LogP contribution in [0.25, 0.3) is 0 Å². The van der Waals surface area contributed by atoms with Gasteiger partial charge in [-0.1, -0.05) is 15.9 Å². The second kappa shape index (κ2) is 8.19. The van der Waals surface area contributed by atoms with Crippen LogP contribution >= 0.6 is 31.9 Å². The van der Waals surface area contributed by atoms with Crippen molar-refractivity contribution in [3.05, 3.63) is 33.8 Å². The summed E-state index contributed by atoms with van der Waals surface area (Å²) >= 11 is 6.40. The Kier molecular flexibility index (Phi) is 7.29. The summed E-state index contributed by atoms with van der Waals surface area (Å²) in [7, 11) is 1.60. The fourth-order valence-electron chi connectivity index (χ4n) is 1.55. The normalized spacial score (nSPS) is 11.2. The van der Waals surface area contributed by atoms with Crippen molar-refractivity contribution in [3.63, 3.8) is 0 Å². The van der Waals surface area contributed by atoms with Gasteiger partial charge in [0.05, 0.1) is 11.1 Å². The topological polar surface area (TPSA) is 12.5 Å². The molecule has 0 N–H and O–H groups in total. The molecule has 0 saturated heterocycles. The predicted octanol–water partition coefficient (Wildman–Crippen LogP) is 3.57. The van der Waals surface area contributed by atoms with E-state index >= 15 is 0 Å². The minimum atomic E-state index is -0.535. The molecule has 1 rings (SSSR count). The predicted molar refractivity (Wildman–Crippen MR) is 75.0 cm³/mol. The van der Waals surface area contributed by atoms with Crippen LogP contribution in [-0.2, 0) is 11.3 Å². The second-order valence-corrected chi connectivity index (χ2v) is 5.43. The lowest BCUT2D eigenvalue weighted by atomic mass is 10.2. The highest BCUT2D eigenvalue weighted by Gasteiger charge is 2.15. The van der Waals surface area contributed by atoms with Crippen molar-refractivity contribution in [1.82, 2.24) is 4.90 Å². The molecule has 0 atom stereocenters. The first-order chi connectivity index (χ1) is 8.60. The van der Waals surface area contributed by atoms with Crippen LogP contribution in [0.15, 0.2) is 16.6 Å². The number of nitrogens with zero attached hydrogens (tertiary/aromatic N) is 1. The molecule has 0 saturated carbocycles. The molecule has 0 aliphatic carbocycles. The maximum Gasteiger partial charge on any atom is 0.144 e. The van der Waals surface area contributed by atoms with Gasteiger partial charge >= 0.3 is 0 Å². The summed E-state index contributed by atoms with van der Waals surface area (Å²) in [4.78, 5) is 1.94. The molecular formula is C12H15Br2F2NO. The molecule has 0 aliphatic rings. The summed E-state index contributed by atoms with van der Waals surface area (Å²) in [6.07, 6.45) is 0. The molecule has 0 aromatic heterocycles. The summed E-state index contributed by atoms with van der Waals surface area (Å²) in [5.41, 5.74) is 0.0847. The average molecular weight is 387 g/mol. The van der Waals surface area contributed by atoms with Crippen LogP contribution in [0.1, 0.15) is 5.56 Å². The molecule has 102 valence electrons. The number of hydrogen-bond donors (Lipinski definition) is 0. The van der Waals surface area contributed by atoms with Crippen LogP contribution in [0.3, 0.4) is 0 Å². The molecular weight excluding hydrogens is 372 g/mol. The van der Waals surface area contributed by atoms with Gasteiger partial charge in [0, 0.05) is 37.6 Å². The zero-order valence-corrected chi connectivity index (χ0v) is 13.2. The number of benzene rings is 1. The van der Waals surface area contributed by atoms with Gasteiger partial charge in [-0.25, -0.2) is 8.78 Å². The highest BCUT2D eigenvalue weighted by atomic mass is 79.9. The van der Waals surface area contributed by atoms with Gasteiger partial charge in [0.25, 0.3) is 0 Å². The van der Waals surface area contributed by atoms with Gasteiger partial charge in [-0.2, -0.15) is 0 Å². The zero-order chi connectivity index (χ0) is 13.5. The third-order valence-electron chi connectivity index (χ3n) is 2.53. The largest absolute Gasteiger partial charge is 0.383 e. The monoisotopic (exact) mass is 385 g/mol. The zero-order valence-electron chi connectivity index (χ0n) is 10.1. The van der Waals surface area contributed by atoms with Crippen LogP contribution in [0.5, 0.6) is 0 Å². The number of ether oxygens (including phenoxy) is 1. The number of alkyl halides is 1. The average Bonchev–Trinajstić information content (AvgIpc) is 2.36. The Balaban J connectivity index is 2.82. The van der Waals surface area contributed by atoms with E-state index in [2.05, 4.69) is 31.9 Å². The van der Waals surface area contributed by atoms with E-state index in [0.717, 1.165) is 5.33 Å². The van der Waals surface area contributed by atoms with Crippen molar-refractivity contribution in [3.8, 4) is 0 Å². The van der Waals surface area contributed by atoms with Gasteiger partial charge < -0.3 is 4.74 Å². The Morgan fingerprint density at radius 2 is 2.00 bits per heavy atom. The Labute approximate surface area is 123 Å². The van der Waals surface area contributed by atoms with E-state index in [9.17, 15) is 8.78 Å². The molecule has 1 aromatic rings. The van der Waals surface area contributed by atoms with E-state index in [0.29, 0.717) is 19.7 Å². The minimum absolute atomic E-state index is 0.0847. The molecule has 0 bridgehead atoms. The van der Waals surface area contributed by atoms with Gasteiger partial charge in [0.15, 0.2) is 0 Å². The molecule has 2 nitrogen and oxygen atoms in total. The Morgan fingerprint density at radius 1 is 1.28 bits per heavy atom. The minimum Gasteiger partial charge on any atom is -0.383 e. The number of halogens is 4. The molecule has 0 aliphatic heterocycles. The third kappa shape index (κ3) is 4.57. The van der Waals surface area contributed by atoms with E-state index in [4.69, 9.17) is 4.74 Å². The summed E-state index contributed by atoms with van der Waals surface area (Å²) in [6, 6.07) is 2.64. The van der Waals surface area contributed by atoms with Crippen LogP contribution < -0.4 is 0 Å². The van der Waals surface area contributed by atoms with E-state index in [1.165, 1.54) is 12.1 Å². The summed E-state index contributed by atoms with van der Waals surface area (Å²) in [6.45, 7) is 2.10. The lowest BCUT2D eigenvalue weighted by Crippen LogP contribution is -2.29. The standard InChI is InChI=1S/C12H15Br2F2NO/c1-18-7-6-17(5-4-13)8-9-11(15)3-2-10(14)12(9)16/h2-3H,4-8H2,1H3. The lowest BCUT2D eigenvalue weighted by Gasteiger charge is -2.21. The van der Waals surface area contributed by atoms with E-state index in [-0.39, 0.29) is 16.6 Å². The summed E-state index contributed by atoms with van der Waals surface area (Å²) in [5.74, 6) is -1.06. The lowest BCUT2D eigenvalue weighted by molar-refractivity contribution is 0.146. The molecule has 18 heavy (non-hydrogen) atoms. The Hall–Kier alpha value is -0.0400. The molecule has 1 aromatic carbocycles. The van der Waals surface area contributed by atoms with Crippen LogP contribution in [-0.4, -0.2) is 37.0 Å². The van der Waals surface area contributed by atoms with Gasteiger partial charge in [0.1, 0.15) is 11.6 Å². The summed E-state index contributed by atoms with van der Waals surface area (Å²) in [5, 5.41) is 0.744. The van der Waals surface area contributed by atoms with Gasteiger partial charge in [-0.05, 0) is 28.1 Å². The molecule has 6 heteroatoms. The maximum atomic E-state index is 13.8. The number of methoxy groups -OCH3 is 1. The first-order valence-electron chi connectivity index (χ1n) is 5.49. The molecule has 0 fully saturated rings. The van der Waals surface area contributed by atoms with Crippen LogP contribution in [0, 0.1) is 11.6 Å². The fraction of sp³-hybridized carbons (Fsp3) is 0.500.